The topological polar surface area (TPSA) is 75.3 Å². The highest BCUT2D eigenvalue weighted by molar-refractivity contribution is 5.80. The van der Waals surface area contributed by atoms with Crippen molar-refractivity contribution in [3.63, 3.8) is 0 Å². The third kappa shape index (κ3) is 3.97. The van der Waals surface area contributed by atoms with Crippen molar-refractivity contribution in [2.45, 2.75) is 26.0 Å². The van der Waals surface area contributed by atoms with E-state index in [1.54, 1.807) is 13.8 Å². The molecule has 0 aliphatic rings. The lowest BCUT2D eigenvalue weighted by Crippen LogP contribution is -2.46. The molecule has 106 valence electrons. The molecule has 0 saturated carbocycles. The van der Waals surface area contributed by atoms with E-state index in [0.717, 1.165) is 12.1 Å². The van der Waals surface area contributed by atoms with Gasteiger partial charge in [0.05, 0.1) is 17.7 Å². The van der Waals surface area contributed by atoms with E-state index in [4.69, 9.17) is 5.73 Å². The number of primary amides is 1. The third-order valence-corrected chi connectivity index (χ3v) is 2.84. The Morgan fingerprint density at radius 2 is 1.89 bits per heavy atom. The van der Waals surface area contributed by atoms with Crippen molar-refractivity contribution in [3.8, 4) is 0 Å². The minimum atomic E-state index is -1.39. The Morgan fingerprint density at radius 3 is 2.32 bits per heavy atom. The van der Waals surface area contributed by atoms with E-state index in [2.05, 4.69) is 5.32 Å². The molecule has 1 rings (SSSR count). The number of halogens is 2. The second-order valence-electron chi connectivity index (χ2n) is 4.68. The highest BCUT2D eigenvalue weighted by Gasteiger charge is 2.22. The SMILES string of the molecule is CC(C)C(NCC(O)c1c(F)cccc1F)C(N)=O. The molecule has 4 nitrogen and oxygen atoms in total. The quantitative estimate of drug-likeness (QED) is 0.726. The molecule has 0 saturated heterocycles. The minimum Gasteiger partial charge on any atom is -0.387 e. The van der Waals surface area contributed by atoms with E-state index < -0.39 is 35.3 Å². The van der Waals surface area contributed by atoms with Crippen LogP contribution in [0, 0.1) is 17.6 Å². The molecule has 2 atom stereocenters. The monoisotopic (exact) mass is 272 g/mol. The van der Waals surface area contributed by atoms with Crippen LogP contribution in [0.1, 0.15) is 25.5 Å². The van der Waals surface area contributed by atoms with E-state index >= 15 is 0 Å². The molecule has 6 heteroatoms. The summed E-state index contributed by atoms with van der Waals surface area (Å²) >= 11 is 0. The molecule has 4 N–H and O–H groups in total. The van der Waals surface area contributed by atoms with Gasteiger partial charge < -0.3 is 16.2 Å². The van der Waals surface area contributed by atoms with Crippen molar-refractivity contribution in [2.24, 2.45) is 11.7 Å². The summed E-state index contributed by atoms with van der Waals surface area (Å²) in [5, 5.41) is 12.5. The van der Waals surface area contributed by atoms with Crippen LogP contribution in [0.25, 0.3) is 0 Å². The van der Waals surface area contributed by atoms with Crippen LogP contribution >= 0.6 is 0 Å². The molecule has 2 unspecified atom stereocenters. The number of nitrogens with two attached hydrogens (primary N) is 1. The largest absolute Gasteiger partial charge is 0.387 e. The third-order valence-electron chi connectivity index (χ3n) is 2.84. The highest BCUT2D eigenvalue weighted by Crippen LogP contribution is 2.20. The molecule has 1 amide bonds. The van der Waals surface area contributed by atoms with Gasteiger partial charge in [0, 0.05) is 6.54 Å². The predicted octanol–water partition coefficient (Wildman–Crippen LogP) is 1.10. The van der Waals surface area contributed by atoms with Gasteiger partial charge in [0.2, 0.25) is 5.91 Å². The van der Waals surface area contributed by atoms with Gasteiger partial charge in [-0.1, -0.05) is 19.9 Å². The Balaban J connectivity index is 2.75. The summed E-state index contributed by atoms with van der Waals surface area (Å²) in [6.45, 7) is 3.39. The fourth-order valence-corrected chi connectivity index (χ4v) is 1.83. The standard InChI is InChI=1S/C13H18F2N2O2/c1-7(2)12(13(16)19)17-6-10(18)11-8(14)4-3-5-9(11)15/h3-5,7,10,12,17-18H,6H2,1-2H3,(H2,16,19). The number of carbonyl (C=O) groups excluding carboxylic acids is 1. The first-order valence-electron chi connectivity index (χ1n) is 5.99. The van der Waals surface area contributed by atoms with Crippen LogP contribution in [-0.2, 0) is 4.79 Å². The molecular weight excluding hydrogens is 254 g/mol. The molecule has 0 spiro atoms. The Hall–Kier alpha value is -1.53. The minimum absolute atomic E-state index is 0.0878. The predicted molar refractivity (Wildman–Crippen MR) is 67.1 cm³/mol. The van der Waals surface area contributed by atoms with Gasteiger partial charge in [0.1, 0.15) is 11.6 Å². The average molecular weight is 272 g/mol. The van der Waals surface area contributed by atoms with Gasteiger partial charge in [0.25, 0.3) is 0 Å². The number of rotatable bonds is 6. The van der Waals surface area contributed by atoms with Crippen molar-refractivity contribution in [3.05, 3.63) is 35.4 Å². The lowest BCUT2D eigenvalue weighted by molar-refractivity contribution is -0.121. The number of amides is 1. The van der Waals surface area contributed by atoms with Crippen LogP contribution in [0.2, 0.25) is 0 Å². The van der Waals surface area contributed by atoms with Crippen molar-refractivity contribution in [1.82, 2.24) is 5.32 Å². The maximum absolute atomic E-state index is 13.4. The molecule has 0 fully saturated rings. The van der Waals surface area contributed by atoms with Crippen molar-refractivity contribution >= 4 is 5.91 Å². The van der Waals surface area contributed by atoms with Crippen molar-refractivity contribution in [2.75, 3.05) is 6.54 Å². The maximum atomic E-state index is 13.4. The number of nitrogens with one attached hydrogen (secondary N) is 1. The first-order valence-corrected chi connectivity index (χ1v) is 5.99. The molecular formula is C13H18F2N2O2. The second kappa shape index (κ2) is 6.58. The molecule has 1 aromatic carbocycles. The first kappa shape index (κ1) is 15.5. The molecule has 1 aromatic rings. The van der Waals surface area contributed by atoms with E-state index in [0.29, 0.717) is 0 Å². The van der Waals surface area contributed by atoms with Crippen LogP contribution in [0.3, 0.4) is 0 Å². The zero-order valence-corrected chi connectivity index (χ0v) is 10.9. The molecule has 0 heterocycles. The zero-order valence-electron chi connectivity index (χ0n) is 10.9. The number of benzene rings is 1. The van der Waals surface area contributed by atoms with Crippen LogP contribution < -0.4 is 11.1 Å². The Morgan fingerprint density at radius 1 is 1.37 bits per heavy atom. The molecule has 19 heavy (non-hydrogen) atoms. The van der Waals surface area contributed by atoms with Crippen molar-refractivity contribution in [1.29, 1.82) is 0 Å². The lowest BCUT2D eigenvalue weighted by Gasteiger charge is -2.21. The van der Waals surface area contributed by atoms with Gasteiger partial charge in [-0.25, -0.2) is 8.78 Å². The summed E-state index contributed by atoms with van der Waals surface area (Å²) in [5.41, 5.74) is 4.78. The second-order valence-corrected chi connectivity index (χ2v) is 4.68. The van der Waals surface area contributed by atoms with E-state index in [9.17, 15) is 18.7 Å². The summed E-state index contributed by atoms with van der Waals surface area (Å²) in [4.78, 5) is 11.2. The van der Waals surface area contributed by atoms with Gasteiger partial charge in [-0.2, -0.15) is 0 Å². The first-order chi connectivity index (χ1) is 8.84. The summed E-state index contributed by atoms with van der Waals surface area (Å²) in [6.07, 6.45) is -1.39. The summed E-state index contributed by atoms with van der Waals surface area (Å²) in [6, 6.07) is 2.68. The Labute approximate surface area is 110 Å². The van der Waals surface area contributed by atoms with Gasteiger partial charge >= 0.3 is 0 Å². The normalized spacial score (nSPS) is 14.4. The summed E-state index contributed by atoms with van der Waals surface area (Å²) in [5.74, 6) is -2.31. The fraction of sp³-hybridized carbons (Fsp3) is 0.462. The molecule has 0 aliphatic heterocycles. The summed E-state index contributed by atoms with van der Waals surface area (Å²) < 4.78 is 26.8. The lowest BCUT2D eigenvalue weighted by atomic mass is 10.0. The number of hydrogen-bond donors (Lipinski definition) is 3. The van der Waals surface area contributed by atoms with Crippen LogP contribution in [-0.4, -0.2) is 23.6 Å². The summed E-state index contributed by atoms with van der Waals surface area (Å²) in [7, 11) is 0. The van der Waals surface area contributed by atoms with Gasteiger partial charge in [-0.3, -0.25) is 4.79 Å². The van der Waals surface area contributed by atoms with Gasteiger partial charge in [0.15, 0.2) is 0 Å². The molecule has 0 aromatic heterocycles. The molecule has 0 radical (unpaired) electrons. The smallest absolute Gasteiger partial charge is 0.234 e. The van der Waals surface area contributed by atoms with Gasteiger partial charge in [-0.15, -0.1) is 0 Å². The number of aliphatic hydroxyl groups excluding tert-OH is 1. The molecule has 0 bridgehead atoms. The fourth-order valence-electron chi connectivity index (χ4n) is 1.83. The van der Waals surface area contributed by atoms with E-state index in [-0.39, 0.29) is 12.5 Å². The number of aliphatic hydroxyl groups is 1. The average Bonchev–Trinajstić information content (AvgIpc) is 2.27. The van der Waals surface area contributed by atoms with E-state index in [1.807, 2.05) is 0 Å². The maximum Gasteiger partial charge on any atom is 0.234 e. The number of hydrogen-bond acceptors (Lipinski definition) is 3. The highest BCUT2D eigenvalue weighted by atomic mass is 19.1. The van der Waals surface area contributed by atoms with Crippen molar-refractivity contribution < 1.29 is 18.7 Å². The van der Waals surface area contributed by atoms with Gasteiger partial charge in [-0.05, 0) is 18.1 Å². The zero-order chi connectivity index (χ0) is 14.6. The Kier molecular flexibility index (Phi) is 5.38. The Bertz CT molecular complexity index is 432. The van der Waals surface area contributed by atoms with Crippen LogP contribution in [0.4, 0.5) is 8.78 Å². The van der Waals surface area contributed by atoms with E-state index in [1.165, 1.54) is 6.07 Å². The van der Waals surface area contributed by atoms with Crippen LogP contribution in [0.5, 0.6) is 0 Å². The van der Waals surface area contributed by atoms with Crippen LogP contribution in [0.15, 0.2) is 18.2 Å². The molecule has 0 aliphatic carbocycles. The number of carbonyl (C=O) groups is 1.